The highest BCUT2D eigenvalue weighted by Crippen LogP contribution is 2.27. The molecule has 0 spiro atoms. The van der Waals surface area contributed by atoms with Crippen LogP contribution in [0, 0.1) is 20.8 Å². The van der Waals surface area contributed by atoms with Gasteiger partial charge in [-0.05, 0) is 79.4 Å². The van der Waals surface area contributed by atoms with Gasteiger partial charge in [0, 0.05) is 24.5 Å². The molecular formula is C34H36BrN3O4S. The molecule has 1 unspecified atom stereocenters. The molecule has 0 radical (unpaired) electrons. The predicted molar refractivity (Wildman–Crippen MR) is 174 cm³/mol. The fourth-order valence-electron chi connectivity index (χ4n) is 4.97. The first-order valence-corrected chi connectivity index (χ1v) is 16.2. The number of halogens is 1. The molecule has 0 aromatic heterocycles. The van der Waals surface area contributed by atoms with E-state index in [1.807, 2.05) is 81.4 Å². The minimum absolute atomic E-state index is 0.0802. The van der Waals surface area contributed by atoms with Crippen molar-refractivity contribution in [1.29, 1.82) is 0 Å². The highest BCUT2D eigenvalue weighted by molar-refractivity contribution is 9.10. The first-order chi connectivity index (χ1) is 20.5. The largest absolute Gasteiger partial charge is 0.357 e. The van der Waals surface area contributed by atoms with E-state index in [0.717, 1.165) is 36.6 Å². The zero-order valence-electron chi connectivity index (χ0n) is 24.7. The van der Waals surface area contributed by atoms with Gasteiger partial charge >= 0.3 is 0 Å². The summed E-state index contributed by atoms with van der Waals surface area (Å²) in [5.41, 5.74) is 4.72. The molecule has 0 aliphatic carbocycles. The topological polar surface area (TPSA) is 86.8 Å². The number of carbonyl (C=O) groups excluding carboxylic acids is 2. The molecule has 4 rings (SSSR count). The molecule has 224 valence electrons. The Hall–Kier alpha value is -3.95. The summed E-state index contributed by atoms with van der Waals surface area (Å²) in [7, 11) is -2.61. The zero-order valence-corrected chi connectivity index (χ0v) is 27.2. The fraction of sp³-hybridized carbons (Fsp3) is 0.235. The summed E-state index contributed by atoms with van der Waals surface area (Å²) < 4.78 is 30.3. The molecule has 0 aliphatic rings. The van der Waals surface area contributed by atoms with Crippen molar-refractivity contribution in [2.24, 2.45) is 0 Å². The number of aryl methyl sites for hydroxylation is 3. The molecular weight excluding hydrogens is 626 g/mol. The van der Waals surface area contributed by atoms with Gasteiger partial charge in [0.25, 0.3) is 10.0 Å². The Morgan fingerprint density at radius 1 is 0.791 bits per heavy atom. The van der Waals surface area contributed by atoms with Crippen LogP contribution in [0.3, 0.4) is 0 Å². The van der Waals surface area contributed by atoms with Gasteiger partial charge in [0.15, 0.2) is 0 Å². The maximum Gasteiger partial charge on any atom is 0.264 e. The van der Waals surface area contributed by atoms with Gasteiger partial charge in [-0.2, -0.15) is 0 Å². The molecule has 0 heterocycles. The van der Waals surface area contributed by atoms with Crippen molar-refractivity contribution in [3.8, 4) is 0 Å². The first-order valence-electron chi connectivity index (χ1n) is 13.9. The maximum atomic E-state index is 14.4. The van der Waals surface area contributed by atoms with Crippen LogP contribution >= 0.6 is 15.9 Å². The average molecular weight is 663 g/mol. The van der Waals surface area contributed by atoms with Crippen LogP contribution in [0.1, 0.15) is 27.8 Å². The fourth-order valence-corrected chi connectivity index (χ4v) is 6.63. The minimum atomic E-state index is -4.14. The van der Waals surface area contributed by atoms with E-state index in [1.165, 1.54) is 11.9 Å². The Balaban J connectivity index is 1.80. The van der Waals surface area contributed by atoms with Crippen LogP contribution in [0.4, 0.5) is 5.69 Å². The van der Waals surface area contributed by atoms with Gasteiger partial charge in [0.1, 0.15) is 12.6 Å². The van der Waals surface area contributed by atoms with Crippen molar-refractivity contribution in [3.05, 3.63) is 129 Å². The molecule has 0 fully saturated rings. The Kier molecular flexibility index (Phi) is 10.4. The number of carbonyl (C=O) groups is 2. The average Bonchev–Trinajstić information content (AvgIpc) is 2.98. The number of sulfonamides is 1. The van der Waals surface area contributed by atoms with Crippen molar-refractivity contribution in [3.63, 3.8) is 0 Å². The zero-order chi connectivity index (χ0) is 31.1. The van der Waals surface area contributed by atoms with Gasteiger partial charge in [-0.15, -0.1) is 0 Å². The molecule has 0 saturated heterocycles. The maximum absolute atomic E-state index is 14.4. The Morgan fingerprint density at radius 3 is 1.98 bits per heavy atom. The Labute approximate surface area is 262 Å². The van der Waals surface area contributed by atoms with Gasteiger partial charge in [0.05, 0.1) is 10.6 Å². The molecule has 4 aromatic carbocycles. The molecule has 1 atom stereocenters. The van der Waals surface area contributed by atoms with Crippen LogP contribution in [0.25, 0.3) is 0 Å². The third kappa shape index (κ3) is 8.12. The molecule has 2 amide bonds. The van der Waals surface area contributed by atoms with Crippen molar-refractivity contribution >= 4 is 43.5 Å². The molecule has 7 nitrogen and oxygen atoms in total. The van der Waals surface area contributed by atoms with Crippen LogP contribution in [0.5, 0.6) is 0 Å². The molecule has 4 aromatic rings. The van der Waals surface area contributed by atoms with E-state index in [1.54, 1.807) is 36.4 Å². The summed E-state index contributed by atoms with van der Waals surface area (Å²) in [6, 6.07) is 28.1. The summed E-state index contributed by atoms with van der Waals surface area (Å²) in [4.78, 5) is 29.3. The molecule has 0 aliphatic heterocycles. The smallest absolute Gasteiger partial charge is 0.264 e. The summed E-state index contributed by atoms with van der Waals surface area (Å²) in [6.45, 7) is 5.28. The summed E-state index contributed by atoms with van der Waals surface area (Å²) in [5.74, 6) is -0.837. The van der Waals surface area contributed by atoms with Gasteiger partial charge in [-0.25, -0.2) is 8.42 Å². The Morgan fingerprint density at radius 2 is 1.40 bits per heavy atom. The monoisotopic (exact) mass is 661 g/mol. The van der Waals surface area contributed by atoms with Crippen molar-refractivity contribution < 1.29 is 18.0 Å². The van der Waals surface area contributed by atoms with Gasteiger partial charge in [-0.3, -0.25) is 13.9 Å². The summed E-state index contributed by atoms with van der Waals surface area (Å²) >= 11 is 3.45. The number of nitrogens with one attached hydrogen (secondary N) is 1. The third-order valence-electron chi connectivity index (χ3n) is 7.17. The Bertz CT molecular complexity index is 1660. The molecule has 9 heteroatoms. The predicted octanol–water partition coefficient (Wildman–Crippen LogP) is 5.96. The van der Waals surface area contributed by atoms with Crippen LogP contribution < -0.4 is 9.62 Å². The number of amides is 2. The number of hydrogen-bond acceptors (Lipinski definition) is 4. The quantitative estimate of drug-likeness (QED) is 0.215. The van der Waals surface area contributed by atoms with E-state index in [9.17, 15) is 18.0 Å². The lowest BCUT2D eigenvalue weighted by Gasteiger charge is -2.33. The lowest BCUT2D eigenvalue weighted by atomic mass is 10.0. The van der Waals surface area contributed by atoms with E-state index in [-0.39, 0.29) is 23.8 Å². The SMILES string of the molecule is CNC(=O)C(Cc1ccccc1)N(Cc1ccc(Br)cc1)C(=O)CN(c1cc(C)cc(C)c1)S(=O)(=O)c1ccc(C)cc1. The molecule has 0 saturated carbocycles. The number of likely N-dealkylation sites (N-methyl/N-ethyl adjacent to an activating group) is 1. The van der Waals surface area contributed by atoms with Crippen LogP contribution in [-0.2, 0) is 32.6 Å². The lowest BCUT2D eigenvalue weighted by molar-refractivity contribution is -0.139. The van der Waals surface area contributed by atoms with Crippen molar-refractivity contribution in [2.45, 2.75) is 44.7 Å². The van der Waals surface area contributed by atoms with Gasteiger partial charge in [-0.1, -0.05) is 82.2 Å². The number of benzene rings is 4. The normalized spacial score (nSPS) is 11.9. The second kappa shape index (κ2) is 14.0. The van der Waals surface area contributed by atoms with Crippen LogP contribution in [0.15, 0.2) is 106 Å². The van der Waals surface area contributed by atoms with E-state index in [2.05, 4.69) is 21.2 Å². The van der Waals surface area contributed by atoms with E-state index < -0.39 is 28.5 Å². The number of anilines is 1. The summed E-state index contributed by atoms with van der Waals surface area (Å²) in [6.07, 6.45) is 0.261. The van der Waals surface area contributed by atoms with Crippen LogP contribution in [0.2, 0.25) is 0 Å². The molecule has 1 N–H and O–H groups in total. The standard InChI is InChI=1S/C34H36BrN3O4S/c1-24-10-16-31(17-11-24)43(41,42)38(30-19-25(2)18-26(3)20-30)23-33(39)37(22-28-12-14-29(35)15-13-28)32(34(40)36-4)21-27-8-6-5-7-9-27/h5-20,32H,21-23H2,1-4H3,(H,36,40). The van der Waals surface area contributed by atoms with Gasteiger partial charge < -0.3 is 10.2 Å². The third-order valence-corrected chi connectivity index (χ3v) is 9.48. The van der Waals surface area contributed by atoms with E-state index in [4.69, 9.17) is 0 Å². The second-order valence-electron chi connectivity index (χ2n) is 10.6. The number of nitrogens with zero attached hydrogens (tertiary/aromatic N) is 2. The summed E-state index contributed by atoms with van der Waals surface area (Å²) in [5, 5.41) is 2.70. The molecule has 43 heavy (non-hydrogen) atoms. The first kappa shape index (κ1) is 32.0. The van der Waals surface area contributed by atoms with E-state index >= 15 is 0 Å². The molecule has 0 bridgehead atoms. The lowest BCUT2D eigenvalue weighted by Crippen LogP contribution is -2.53. The van der Waals surface area contributed by atoms with Crippen molar-refractivity contribution in [1.82, 2.24) is 10.2 Å². The van der Waals surface area contributed by atoms with Crippen molar-refractivity contribution in [2.75, 3.05) is 17.9 Å². The highest BCUT2D eigenvalue weighted by atomic mass is 79.9. The van der Waals surface area contributed by atoms with Crippen LogP contribution in [-0.4, -0.2) is 44.8 Å². The number of rotatable bonds is 11. The number of hydrogen-bond donors (Lipinski definition) is 1. The second-order valence-corrected chi connectivity index (χ2v) is 13.4. The minimum Gasteiger partial charge on any atom is -0.357 e. The van der Waals surface area contributed by atoms with E-state index in [0.29, 0.717) is 5.69 Å². The van der Waals surface area contributed by atoms with Gasteiger partial charge in [0.2, 0.25) is 11.8 Å². The highest BCUT2D eigenvalue weighted by Gasteiger charge is 2.34.